The van der Waals surface area contributed by atoms with Crippen LogP contribution < -0.4 is 16.2 Å². The van der Waals surface area contributed by atoms with E-state index in [0.29, 0.717) is 11.3 Å². The monoisotopic (exact) mass is 306 g/mol. The first-order chi connectivity index (χ1) is 11.2. The number of carbonyl (C=O) groups is 2. The lowest BCUT2D eigenvalue weighted by atomic mass is 10.1. The van der Waals surface area contributed by atoms with Crippen molar-refractivity contribution in [3.63, 3.8) is 0 Å². The number of hydrogen-bond donors (Lipinski definition) is 3. The number of nitrogens with one attached hydrogen (secondary N) is 3. The van der Waals surface area contributed by atoms with Crippen molar-refractivity contribution in [3.05, 3.63) is 72.4 Å². The molecule has 3 rings (SSSR count). The normalized spacial score (nSPS) is 10.1. The summed E-state index contributed by atoms with van der Waals surface area (Å²) >= 11 is 0. The molecular weight excluding hydrogens is 292 g/mol. The Morgan fingerprint density at radius 3 is 2.52 bits per heavy atom. The topological polar surface area (TPSA) is 83.1 Å². The molecule has 0 aliphatic carbocycles. The van der Waals surface area contributed by atoms with Gasteiger partial charge in [-0.25, -0.2) is 10.2 Å². The van der Waals surface area contributed by atoms with E-state index in [1.165, 1.54) is 0 Å². The molecule has 0 saturated carbocycles. The van der Waals surface area contributed by atoms with Crippen molar-refractivity contribution in [1.82, 2.24) is 15.8 Å². The maximum absolute atomic E-state index is 12.1. The number of amides is 3. The Labute approximate surface area is 132 Å². The first-order valence-corrected chi connectivity index (χ1v) is 6.99. The largest absolute Gasteiger partial charge is 0.337 e. The van der Waals surface area contributed by atoms with Gasteiger partial charge in [-0.05, 0) is 36.4 Å². The van der Waals surface area contributed by atoms with Crippen LogP contribution in [0.15, 0.2) is 66.9 Å². The third kappa shape index (κ3) is 3.62. The molecule has 1 heterocycles. The quantitative estimate of drug-likeness (QED) is 0.637. The van der Waals surface area contributed by atoms with Crippen molar-refractivity contribution in [1.29, 1.82) is 0 Å². The summed E-state index contributed by atoms with van der Waals surface area (Å²) in [4.78, 5) is 28.0. The lowest BCUT2D eigenvalue weighted by Crippen LogP contribution is -2.43. The van der Waals surface area contributed by atoms with Crippen LogP contribution in [0.4, 0.5) is 10.5 Å². The van der Waals surface area contributed by atoms with Gasteiger partial charge < -0.3 is 5.32 Å². The van der Waals surface area contributed by atoms with E-state index in [1.807, 2.05) is 12.1 Å². The SMILES string of the molecule is O=C(NNC(=O)c1ccc2ncccc2c1)Nc1ccccc1. The van der Waals surface area contributed by atoms with Crippen molar-refractivity contribution in [2.24, 2.45) is 0 Å². The average molecular weight is 306 g/mol. The second-order valence-electron chi connectivity index (χ2n) is 4.81. The Kier molecular flexibility index (Phi) is 4.15. The first kappa shape index (κ1) is 14.5. The van der Waals surface area contributed by atoms with Crippen LogP contribution in [-0.4, -0.2) is 16.9 Å². The molecule has 3 N–H and O–H groups in total. The van der Waals surface area contributed by atoms with Crippen LogP contribution in [0, 0.1) is 0 Å². The minimum Gasteiger partial charge on any atom is -0.307 e. The van der Waals surface area contributed by atoms with E-state index in [-0.39, 0.29) is 0 Å². The highest BCUT2D eigenvalue weighted by Gasteiger charge is 2.08. The van der Waals surface area contributed by atoms with E-state index in [4.69, 9.17) is 0 Å². The molecule has 114 valence electrons. The van der Waals surface area contributed by atoms with E-state index in [0.717, 1.165) is 10.9 Å². The van der Waals surface area contributed by atoms with E-state index >= 15 is 0 Å². The molecule has 3 amide bonds. The van der Waals surface area contributed by atoms with Crippen LogP contribution in [0.25, 0.3) is 10.9 Å². The second-order valence-corrected chi connectivity index (χ2v) is 4.81. The summed E-state index contributed by atoms with van der Waals surface area (Å²) in [6.07, 6.45) is 1.69. The Hall–Kier alpha value is -3.41. The zero-order valence-corrected chi connectivity index (χ0v) is 12.1. The fraction of sp³-hybridized carbons (Fsp3) is 0. The predicted molar refractivity (Wildman–Crippen MR) is 87.8 cm³/mol. The Bertz CT molecular complexity index is 849. The van der Waals surface area contributed by atoms with E-state index < -0.39 is 11.9 Å². The number of hydrazine groups is 1. The number of pyridine rings is 1. The fourth-order valence-corrected chi connectivity index (χ4v) is 2.09. The van der Waals surface area contributed by atoms with Gasteiger partial charge in [0.05, 0.1) is 5.52 Å². The standard InChI is InChI=1S/C17H14N4O2/c22-16(13-8-9-15-12(11-13)5-4-10-18-15)20-21-17(23)19-14-6-2-1-3-7-14/h1-11H,(H,20,22)(H2,19,21,23). The Morgan fingerprint density at radius 2 is 1.70 bits per heavy atom. The first-order valence-electron chi connectivity index (χ1n) is 6.99. The molecule has 0 aliphatic rings. The van der Waals surface area contributed by atoms with Crippen LogP contribution in [0.5, 0.6) is 0 Å². The highest BCUT2D eigenvalue weighted by atomic mass is 16.2. The van der Waals surface area contributed by atoms with Gasteiger partial charge in [-0.3, -0.25) is 15.2 Å². The van der Waals surface area contributed by atoms with Crippen LogP contribution in [-0.2, 0) is 0 Å². The third-order valence-electron chi connectivity index (χ3n) is 3.19. The molecule has 23 heavy (non-hydrogen) atoms. The minimum atomic E-state index is -0.521. The van der Waals surface area contributed by atoms with E-state index in [9.17, 15) is 9.59 Å². The maximum atomic E-state index is 12.1. The summed E-state index contributed by atoms with van der Waals surface area (Å²) in [5.74, 6) is -0.404. The van der Waals surface area contributed by atoms with Crippen LogP contribution >= 0.6 is 0 Å². The fourth-order valence-electron chi connectivity index (χ4n) is 2.09. The van der Waals surface area contributed by atoms with Crippen molar-refractivity contribution in [3.8, 4) is 0 Å². The van der Waals surface area contributed by atoms with Crippen molar-refractivity contribution in [2.45, 2.75) is 0 Å². The number of aromatic nitrogens is 1. The van der Waals surface area contributed by atoms with Gasteiger partial charge in [-0.1, -0.05) is 24.3 Å². The summed E-state index contributed by atoms with van der Waals surface area (Å²) in [5.41, 5.74) is 6.55. The number of fused-ring (bicyclic) bond motifs is 1. The molecule has 3 aromatic rings. The molecule has 0 bridgehead atoms. The summed E-state index contributed by atoms with van der Waals surface area (Å²) in [6, 6.07) is 17.2. The summed E-state index contributed by atoms with van der Waals surface area (Å²) in [7, 11) is 0. The predicted octanol–water partition coefficient (Wildman–Crippen LogP) is 2.70. The summed E-state index contributed by atoms with van der Waals surface area (Å²) in [5, 5.41) is 3.46. The molecule has 2 aromatic carbocycles. The Morgan fingerprint density at radius 1 is 0.870 bits per heavy atom. The average Bonchev–Trinajstić information content (AvgIpc) is 2.60. The number of anilines is 1. The van der Waals surface area contributed by atoms with Crippen molar-refractivity contribution < 1.29 is 9.59 Å². The van der Waals surface area contributed by atoms with Gasteiger partial charge in [-0.2, -0.15) is 0 Å². The number of carbonyl (C=O) groups excluding carboxylic acids is 2. The van der Waals surface area contributed by atoms with Gasteiger partial charge in [0.25, 0.3) is 5.91 Å². The van der Waals surface area contributed by atoms with Crippen molar-refractivity contribution >= 4 is 28.5 Å². The number of para-hydroxylation sites is 1. The molecule has 0 aliphatic heterocycles. The highest BCUT2D eigenvalue weighted by Crippen LogP contribution is 2.13. The molecule has 6 nitrogen and oxygen atoms in total. The van der Waals surface area contributed by atoms with Crippen LogP contribution in [0.1, 0.15) is 10.4 Å². The molecule has 0 fully saturated rings. The van der Waals surface area contributed by atoms with Crippen LogP contribution in [0.3, 0.4) is 0 Å². The molecule has 0 unspecified atom stereocenters. The Balaban J connectivity index is 1.61. The lowest BCUT2D eigenvalue weighted by Gasteiger charge is -2.09. The third-order valence-corrected chi connectivity index (χ3v) is 3.19. The number of urea groups is 1. The molecular formula is C17H14N4O2. The smallest absolute Gasteiger partial charge is 0.307 e. The second kappa shape index (κ2) is 6.57. The zero-order valence-electron chi connectivity index (χ0n) is 12.1. The van der Waals surface area contributed by atoms with Gasteiger partial charge >= 0.3 is 6.03 Å². The molecule has 1 aromatic heterocycles. The van der Waals surface area contributed by atoms with Gasteiger partial charge in [0, 0.05) is 22.8 Å². The van der Waals surface area contributed by atoms with Crippen molar-refractivity contribution in [2.75, 3.05) is 5.32 Å². The minimum absolute atomic E-state index is 0.404. The number of nitrogens with zero attached hydrogens (tertiary/aromatic N) is 1. The molecule has 0 spiro atoms. The van der Waals surface area contributed by atoms with Gasteiger partial charge in [0.2, 0.25) is 0 Å². The highest BCUT2D eigenvalue weighted by molar-refractivity contribution is 5.99. The van der Waals surface area contributed by atoms with Gasteiger partial charge in [-0.15, -0.1) is 0 Å². The van der Waals surface area contributed by atoms with Gasteiger partial charge in [0.15, 0.2) is 0 Å². The zero-order chi connectivity index (χ0) is 16.1. The maximum Gasteiger partial charge on any atom is 0.337 e. The number of hydrogen-bond acceptors (Lipinski definition) is 3. The molecule has 6 heteroatoms. The molecule has 0 saturated heterocycles. The molecule has 0 atom stereocenters. The van der Waals surface area contributed by atoms with E-state index in [1.54, 1.807) is 54.7 Å². The number of rotatable bonds is 2. The van der Waals surface area contributed by atoms with Crippen LogP contribution in [0.2, 0.25) is 0 Å². The lowest BCUT2D eigenvalue weighted by molar-refractivity contribution is 0.0938. The summed E-state index contributed by atoms with van der Waals surface area (Å²) in [6.45, 7) is 0. The number of benzene rings is 2. The van der Waals surface area contributed by atoms with E-state index in [2.05, 4.69) is 21.2 Å². The molecule has 0 radical (unpaired) electrons. The summed E-state index contributed by atoms with van der Waals surface area (Å²) < 4.78 is 0. The van der Waals surface area contributed by atoms with Gasteiger partial charge in [0.1, 0.15) is 0 Å².